The SMILES string of the molecule is CC(=O)c1ccc(SC(F)(F)F)cc1. The van der Waals surface area contributed by atoms with Crippen LogP contribution in [-0.2, 0) is 0 Å². The van der Waals surface area contributed by atoms with Gasteiger partial charge in [0.1, 0.15) is 0 Å². The standard InChI is InChI=1S/C9H7F3OS/c1-6(13)7-2-4-8(5-3-7)14-9(10,11)12/h2-5H,1H3. The Morgan fingerprint density at radius 1 is 1.21 bits per heavy atom. The minimum Gasteiger partial charge on any atom is -0.295 e. The third kappa shape index (κ3) is 3.41. The highest BCUT2D eigenvalue weighted by atomic mass is 32.2. The van der Waals surface area contributed by atoms with E-state index >= 15 is 0 Å². The maximum absolute atomic E-state index is 11.9. The molecule has 5 heteroatoms. The van der Waals surface area contributed by atoms with Crippen LogP contribution in [0.4, 0.5) is 13.2 Å². The van der Waals surface area contributed by atoms with Gasteiger partial charge in [-0.1, -0.05) is 12.1 Å². The fraction of sp³-hybridized carbons (Fsp3) is 0.222. The van der Waals surface area contributed by atoms with Crippen LogP contribution in [0, 0.1) is 0 Å². The van der Waals surface area contributed by atoms with Crippen molar-refractivity contribution in [3.05, 3.63) is 29.8 Å². The maximum Gasteiger partial charge on any atom is 0.446 e. The van der Waals surface area contributed by atoms with E-state index in [0.29, 0.717) is 5.56 Å². The summed E-state index contributed by atoms with van der Waals surface area (Å²) >= 11 is -0.190. The number of ketones is 1. The van der Waals surface area contributed by atoms with E-state index in [9.17, 15) is 18.0 Å². The molecule has 0 amide bonds. The Morgan fingerprint density at radius 3 is 2.07 bits per heavy atom. The highest BCUT2D eigenvalue weighted by Crippen LogP contribution is 2.36. The minimum atomic E-state index is -4.28. The van der Waals surface area contributed by atoms with Crippen LogP contribution in [-0.4, -0.2) is 11.3 Å². The fourth-order valence-corrected chi connectivity index (χ4v) is 1.43. The van der Waals surface area contributed by atoms with Crippen molar-refractivity contribution >= 4 is 17.5 Å². The Labute approximate surface area is 83.3 Å². The number of carbonyl (C=O) groups is 1. The highest BCUT2D eigenvalue weighted by Gasteiger charge is 2.28. The summed E-state index contributed by atoms with van der Waals surface area (Å²) in [5.74, 6) is -0.159. The average molecular weight is 220 g/mol. The number of hydrogen-bond donors (Lipinski definition) is 0. The van der Waals surface area contributed by atoms with Crippen molar-refractivity contribution in [1.82, 2.24) is 0 Å². The molecule has 0 bridgehead atoms. The summed E-state index contributed by atoms with van der Waals surface area (Å²) in [6, 6.07) is 5.34. The number of benzene rings is 1. The summed E-state index contributed by atoms with van der Waals surface area (Å²) < 4.78 is 35.7. The van der Waals surface area contributed by atoms with Gasteiger partial charge in [0.2, 0.25) is 0 Å². The Morgan fingerprint density at radius 2 is 1.71 bits per heavy atom. The van der Waals surface area contributed by atoms with Gasteiger partial charge in [-0.15, -0.1) is 0 Å². The monoisotopic (exact) mass is 220 g/mol. The van der Waals surface area contributed by atoms with Gasteiger partial charge in [-0.05, 0) is 30.8 Å². The number of halogens is 3. The van der Waals surface area contributed by atoms with Crippen LogP contribution in [0.2, 0.25) is 0 Å². The Balaban J connectivity index is 2.79. The van der Waals surface area contributed by atoms with Crippen molar-refractivity contribution in [2.75, 3.05) is 0 Å². The van der Waals surface area contributed by atoms with Crippen molar-refractivity contribution in [3.63, 3.8) is 0 Å². The molecule has 0 spiro atoms. The molecule has 1 aromatic rings. The Hall–Kier alpha value is -0.970. The lowest BCUT2D eigenvalue weighted by Crippen LogP contribution is -1.99. The van der Waals surface area contributed by atoms with Gasteiger partial charge in [0, 0.05) is 10.5 Å². The lowest BCUT2D eigenvalue weighted by atomic mass is 10.2. The van der Waals surface area contributed by atoms with Gasteiger partial charge in [0.05, 0.1) is 0 Å². The molecule has 1 nitrogen and oxygen atoms in total. The van der Waals surface area contributed by atoms with Gasteiger partial charge in [-0.3, -0.25) is 4.79 Å². The predicted octanol–water partition coefficient (Wildman–Crippen LogP) is 3.50. The van der Waals surface area contributed by atoms with E-state index in [1.165, 1.54) is 31.2 Å². The first-order valence-electron chi connectivity index (χ1n) is 3.75. The molecule has 0 saturated heterocycles. The molecular formula is C9H7F3OS. The molecular weight excluding hydrogens is 213 g/mol. The van der Waals surface area contributed by atoms with E-state index in [1.54, 1.807) is 0 Å². The molecule has 76 valence electrons. The number of thioether (sulfide) groups is 1. The largest absolute Gasteiger partial charge is 0.446 e. The molecule has 0 saturated carbocycles. The predicted molar refractivity (Wildman–Crippen MR) is 48.4 cm³/mol. The third-order valence-corrected chi connectivity index (χ3v) is 2.23. The van der Waals surface area contributed by atoms with Crippen LogP contribution in [0.15, 0.2) is 29.2 Å². The smallest absolute Gasteiger partial charge is 0.295 e. The second-order valence-electron chi connectivity index (χ2n) is 2.63. The van der Waals surface area contributed by atoms with Crippen molar-refractivity contribution in [1.29, 1.82) is 0 Å². The van der Waals surface area contributed by atoms with E-state index in [0.717, 1.165) is 0 Å². The van der Waals surface area contributed by atoms with Gasteiger partial charge in [0.25, 0.3) is 0 Å². The molecule has 0 aromatic heterocycles. The molecule has 0 atom stereocenters. The topological polar surface area (TPSA) is 17.1 Å². The zero-order chi connectivity index (χ0) is 10.8. The summed E-state index contributed by atoms with van der Waals surface area (Å²) in [7, 11) is 0. The Kier molecular flexibility index (Phi) is 3.21. The number of alkyl halides is 3. The number of hydrogen-bond acceptors (Lipinski definition) is 2. The van der Waals surface area contributed by atoms with Crippen LogP contribution in [0.25, 0.3) is 0 Å². The van der Waals surface area contributed by atoms with Crippen LogP contribution in [0.3, 0.4) is 0 Å². The molecule has 0 fully saturated rings. The molecule has 1 rings (SSSR count). The third-order valence-electron chi connectivity index (χ3n) is 1.49. The molecule has 0 N–H and O–H groups in total. The van der Waals surface area contributed by atoms with Crippen molar-refractivity contribution in [3.8, 4) is 0 Å². The normalized spacial score (nSPS) is 11.4. The molecule has 14 heavy (non-hydrogen) atoms. The zero-order valence-electron chi connectivity index (χ0n) is 7.26. The molecule has 0 aliphatic carbocycles. The zero-order valence-corrected chi connectivity index (χ0v) is 8.08. The summed E-state index contributed by atoms with van der Waals surface area (Å²) in [6.45, 7) is 1.37. The van der Waals surface area contributed by atoms with E-state index in [1.807, 2.05) is 0 Å². The second kappa shape index (κ2) is 4.04. The quantitative estimate of drug-likeness (QED) is 0.560. The summed E-state index contributed by atoms with van der Waals surface area (Å²) in [6.07, 6.45) is 0. The van der Waals surface area contributed by atoms with E-state index in [-0.39, 0.29) is 22.4 Å². The molecule has 1 aromatic carbocycles. The molecule has 0 unspecified atom stereocenters. The maximum atomic E-state index is 11.9. The number of rotatable bonds is 2. The van der Waals surface area contributed by atoms with E-state index in [4.69, 9.17) is 0 Å². The van der Waals surface area contributed by atoms with Gasteiger partial charge >= 0.3 is 5.51 Å². The first kappa shape index (κ1) is 11.1. The average Bonchev–Trinajstić information content (AvgIpc) is 2.02. The summed E-state index contributed by atoms with van der Waals surface area (Å²) in [5.41, 5.74) is -3.87. The number of Topliss-reactive ketones (excluding diaryl/α,β-unsaturated/α-hetero) is 1. The highest BCUT2D eigenvalue weighted by molar-refractivity contribution is 8.00. The molecule has 0 aliphatic rings. The summed E-state index contributed by atoms with van der Waals surface area (Å²) in [4.78, 5) is 10.9. The number of carbonyl (C=O) groups excluding carboxylic acids is 1. The summed E-state index contributed by atoms with van der Waals surface area (Å²) in [5, 5.41) is 0. The van der Waals surface area contributed by atoms with Crippen molar-refractivity contribution in [2.24, 2.45) is 0 Å². The fourth-order valence-electron chi connectivity index (χ4n) is 0.891. The molecule has 0 radical (unpaired) electrons. The van der Waals surface area contributed by atoms with Crippen LogP contribution < -0.4 is 0 Å². The van der Waals surface area contributed by atoms with E-state index < -0.39 is 5.51 Å². The lowest BCUT2D eigenvalue weighted by molar-refractivity contribution is -0.0328. The van der Waals surface area contributed by atoms with Crippen molar-refractivity contribution < 1.29 is 18.0 Å². The van der Waals surface area contributed by atoms with Crippen molar-refractivity contribution in [2.45, 2.75) is 17.3 Å². The van der Waals surface area contributed by atoms with Gasteiger partial charge < -0.3 is 0 Å². The van der Waals surface area contributed by atoms with Crippen LogP contribution in [0.1, 0.15) is 17.3 Å². The van der Waals surface area contributed by atoms with Crippen LogP contribution >= 0.6 is 11.8 Å². The first-order chi connectivity index (χ1) is 6.38. The molecule has 0 heterocycles. The van der Waals surface area contributed by atoms with Gasteiger partial charge in [-0.2, -0.15) is 13.2 Å². The first-order valence-corrected chi connectivity index (χ1v) is 4.57. The van der Waals surface area contributed by atoms with Gasteiger partial charge in [0.15, 0.2) is 5.78 Å². The van der Waals surface area contributed by atoms with E-state index in [2.05, 4.69) is 0 Å². The van der Waals surface area contributed by atoms with Gasteiger partial charge in [-0.25, -0.2) is 0 Å². The minimum absolute atomic E-state index is 0.0856. The Bertz CT molecular complexity index is 329. The van der Waals surface area contributed by atoms with Crippen LogP contribution in [0.5, 0.6) is 0 Å². The lowest BCUT2D eigenvalue weighted by Gasteiger charge is -2.05. The second-order valence-corrected chi connectivity index (χ2v) is 3.77. The molecule has 0 aliphatic heterocycles.